The number of aromatic nitrogens is 3. The van der Waals surface area contributed by atoms with Gasteiger partial charge in [0.25, 0.3) is 0 Å². The Morgan fingerprint density at radius 3 is 2.68 bits per heavy atom. The van der Waals surface area contributed by atoms with E-state index < -0.39 is 0 Å². The number of rotatable bonds is 5. The highest BCUT2D eigenvalue weighted by Crippen LogP contribution is 2.40. The molecule has 3 aromatic heterocycles. The zero-order chi connectivity index (χ0) is 24.0. The molecule has 0 spiro atoms. The van der Waals surface area contributed by atoms with Gasteiger partial charge in [-0.1, -0.05) is 19.9 Å². The maximum absolute atomic E-state index is 12.5. The van der Waals surface area contributed by atoms with E-state index in [0.29, 0.717) is 18.4 Å². The van der Waals surface area contributed by atoms with E-state index in [9.17, 15) is 4.79 Å². The van der Waals surface area contributed by atoms with E-state index in [4.69, 9.17) is 0 Å². The summed E-state index contributed by atoms with van der Waals surface area (Å²) in [5.41, 5.74) is 8.46. The number of piperidine rings is 1. The fourth-order valence-electron chi connectivity index (χ4n) is 5.55. The van der Waals surface area contributed by atoms with Crippen molar-refractivity contribution < 1.29 is 4.79 Å². The highest BCUT2D eigenvalue weighted by Gasteiger charge is 2.25. The van der Waals surface area contributed by atoms with E-state index in [1.165, 1.54) is 44.2 Å². The first-order valence-electron chi connectivity index (χ1n) is 12.3. The molecule has 4 aromatic rings. The van der Waals surface area contributed by atoms with Gasteiger partial charge in [-0.3, -0.25) is 4.79 Å². The summed E-state index contributed by atoms with van der Waals surface area (Å²) in [6, 6.07) is 8.98. The molecule has 4 heterocycles. The van der Waals surface area contributed by atoms with Crippen molar-refractivity contribution in [1.82, 2.24) is 24.8 Å². The molecule has 1 aliphatic heterocycles. The van der Waals surface area contributed by atoms with Crippen LogP contribution in [0.2, 0.25) is 0 Å². The van der Waals surface area contributed by atoms with E-state index in [1.54, 1.807) is 0 Å². The summed E-state index contributed by atoms with van der Waals surface area (Å²) in [7, 11) is 3.90. The minimum Gasteiger partial charge on any atom is -0.354 e. The average Bonchev–Trinajstić information content (AvgIpc) is 3.40. The fraction of sp³-hybridized carbons (Fsp3) is 0.429. The van der Waals surface area contributed by atoms with Crippen LogP contribution >= 0.6 is 0 Å². The lowest BCUT2D eigenvalue weighted by Crippen LogP contribution is -2.42. The smallest absolute Gasteiger partial charge is 0.236 e. The van der Waals surface area contributed by atoms with Crippen LogP contribution in [0.25, 0.3) is 33.2 Å². The number of likely N-dealkylation sites (N-methyl/N-ethyl adjacent to an activating group) is 1. The van der Waals surface area contributed by atoms with Gasteiger partial charge in [-0.2, -0.15) is 0 Å². The lowest BCUT2D eigenvalue weighted by Gasteiger charge is -2.33. The second-order valence-corrected chi connectivity index (χ2v) is 10.3. The summed E-state index contributed by atoms with van der Waals surface area (Å²) in [5.74, 6) is 1.11. The molecule has 1 fully saturated rings. The van der Waals surface area contributed by atoms with Crippen LogP contribution in [0.3, 0.4) is 0 Å². The molecule has 1 aromatic carbocycles. The molecule has 34 heavy (non-hydrogen) atoms. The van der Waals surface area contributed by atoms with E-state index in [2.05, 4.69) is 66.2 Å². The number of carbonyl (C=O) groups is 1. The van der Waals surface area contributed by atoms with Crippen LogP contribution in [0.1, 0.15) is 55.2 Å². The lowest BCUT2D eigenvalue weighted by molar-refractivity contribution is -0.132. The number of hydrogen-bond acceptors (Lipinski definition) is 3. The Morgan fingerprint density at radius 2 is 1.97 bits per heavy atom. The predicted molar refractivity (Wildman–Crippen MR) is 139 cm³/mol. The van der Waals surface area contributed by atoms with Crippen LogP contribution in [0, 0.1) is 6.92 Å². The van der Waals surface area contributed by atoms with E-state index in [1.807, 2.05) is 30.1 Å². The summed E-state index contributed by atoms with van der Waals surface area (Å²) in [6.45, 7) is 8.86. The van der Waals surface area contributed by atoms with Gasteiger partial charge in [-0.05, 0) is 80.6 Å². The first kappa shape index (κ1) is 22.7. The van der Waals surface area contributed by atoms with E-state index in [-0.39, 0.29) is 5.91 Å². The first-order valence-corrected chi connectivity index (χ1v) is 12.3. The molecule has 0 radical (unpaired) electrons. The van der Waals surface area contributed by atoms with Crippen LogP contribution in [0.5, 0.6) is 0 Å². The SMILES string of the molecule is Cc1ccnc2[nH]cc(-c3[nH]c4ccc(C5CCN(C(=O)CN(C)C)CC5)cc4c3C(C)C)c12. The molecule has 2 N–H and O–H groups in total. The normalized spacial score (nSPS) is 15.3. The van der Waals surface area contributed by atoms with Crippen molar-refractivity contribution in [1.29, 1.82) is 0 Å². The van der Waals surface area contributed by atoms with Gasteiger partial charge in [0, 0.05) is 47.3 Å². The highest BCUT2D eigenvalue weighted by molar-refractivity contribution is 6.00. The van der Waals surface area contributed by atoms with Gasteiger partial charge < -0.3 is 19.8 Å². The van der Waals surface area contributed by atoms with Gasteiger partial charge in [-0.25, -0.2) is 4.98 Å². The summed E-state index contributed by atoms with van der Waals surface area (Å²) < 4.78 is 0. The standard InChI is InChI=1S/C28H35N5O/c1-17(2)25-21-14-20(19-9-12-33(13-10-19)24(34)16-32(4)5)6-7-23(21)31-27(25)22-15-30-28-26(22)18(3)8-11-29-28/h6-8,11,14-15,17,19,31H,9-10,12-13,16H2,1-5H3,(H,29,30). The number of amides is 1. The predicted octanol–water partition coefficient (Wildman–Crippen LogP) is 5.41. The van der Waals surface area contributed by atoms with Crippen LogP contribution in [-0.4, -0.2) is 64.4 Å². The molecule has 178 valence electrons. The number of H-pyrrole nitrogens is 2. The number of nitrogens with zero attached hydrogens (tertiary/aromatic N) is 3. The van der Waals surface area contributed by atoms with Crippen molar-refractivity contribution in [2.24, 2.45) is 0 Å². The molecule has 0 bridgehead atoms. The second kappa shape index (κ2) is 8.91. The average molecular weight is 458 g/mol. The van der Waals surface area contributed by atoms with Crippen LogP contribution in [0.4, 0.5) is 0 Å². The topological polar surface area (TPSA) is 68.0 Å². The molecule has 6 nitrogen and oxygen atoms in total. The van der Waals surface area contributed by atoms with Gasteiger partial charge >= 0.3 is 0 Å². The quantitative estimate of drug-likeness (QED) is 0.421. The summed E-state index contributed by atoms with van der Waals surface area (Å²) in [5, 5.41) is 2.50. The first-order chi connectivity index (χ1) is 16.3. The Morgan fingerprint density at radius 1 is 1.21 bits per heavy atom. The minimum atomic E-state index is 0.236. The van der Waals surface area contributed by atoms with Crippen LogP contribution in [-0.2, 0) is 4.79 Å². The zero-order valence-electron chi connectivity index (χ0n) is 20.9. The maximum atomic E-state index is 12.5. The second-order valence-electron chi connectivity index (χ2n) is 10.3. The molecule has 0 aliphatic carbocycles. The van der Waals surface area contributed by atoms with Gasteiger partial charge in [0.2, 0.25) is 5.91 Å². The third-order valence-corrected chi connectivity index (χ3v) is 7.26. The number of nitrogens with one attached hydrogen (secondary N) is 2. The van der Waals surface area contributed by atoms with Gasteiger partial charge in [0.15, 0.2) is 0 Å². The minimum absolute atomic E-state index is 0.236. The Kier molecular flexibility index (Phi) is 5.94. The summed E-state index contributed by atoms with van der Waals surface area (Å²) in [6.07, 6.45) is 5.99. The Hall–Kier alpha value is -3.12. The van der Waals surface area contributed by atoms with Crippen LogP contribution < -0.4 is 0 Å². The third-order valence-electron chi connectivity index (χ3n) is 7.26. The molecule has 6 heteroatoms. The molecule has 1 amide bonds. The van der Waals surface area contributed by atoms with Crippen molar-refractivity contribution in [3.05, 3.63) is 53.3 Å². The summed E-state index contributed by atoms with van der Waals surface area (Å²) >= 11 is 0. The van der Waals surface area contributed by atoms with Crippen LogP contribution in [0.15, 0.2) is 36.7 Å². The molecule has 0 unspecified atom stereocenters. The van der Waals surface area contributed by atoms with Crippen molar-refractivity contribution in [3.63, 3.8) is 0 Å². The monoisotopic (exact) mass is 457 g/mol. The number of benzene rings is 1. The Labute approximate surface area is 201 Å². The Bertz CT molecular complexity index is 1340. The Balaban J connectivity index is 1.48. The number of aromatic amines is 2. The molecule has 0 atom stereocenters. The van der Waals surface area contributed by atoms with Crippen molar-refractivity contribution in [2.45, 2.75) is 45.4 Å². The highest BCUT2D eigenvalue weighted by atomic mass is 16.2. The van der Waals surface area contributed by atoms with Gasteiger partial charge in [0.1, 0.15) is 5.65 Å². The number of likely N-dealkylation sites (tertiary alicyclic amines) is 1. The fourth-order valence-corrected chi connectivity index (χ4v) is 5.55. The van der Waals surface area contributed by atoms with Crippen molar-refractivity contribution >= 4 is 27.8 Å². The molecule has 1 aliphatic rings. The number of aryl methyl sites for hydroxylation is 1. The van der Waals surface area contributed by atoms with E-state index >= 15 is 0 Å². The molecule has 1 saturated heterocycles. The largest absolute Gasteiger partial charge is 0.354 e. The maximum Gasteiger partial charge on any atom is 0.236 e. The van der Waals surface area contributed by atoms with Gasteiger partial charge in [-0.15, -0.1) is 0 Å². The van der Waals surface area contributed by atoms with E-state index in [0.717, 1.165) is 31.6 Å². The number of hydrogen-bond donors (Lipinski definition) is 2. The lowest BCUT2D eigenvalue weighted by atomic mass is 9.87. The van der Waals surface area contributed by atoms with Crippen molar-refractivity contribution in [2.75, 3.05) is 33.7 Å². The summed E-state index contributed by atoms with van der Waals surface area (Å²) in [4.78, 5) is 28.0. The molecule has 5 rings (SSSR count). The van der Waals surface area contributed by atoms with Gasteiger partial charge in [0.05, 0.1) is 12.2 Å². The zero-order valence-corrected chi connectivity index (χ0v) is 20.9. The number of fused-ring (bicyclic) bond motifs is 2. The molecule has 0 saturated carbocycles. The van der Waals surface area contributed by atoms with Crippen molar-refractivity contribution in [3.8, 4) is 11.3 Å². The number of carbonyl (C=O) groups excluding carboxylic acids is 1. The third kappa shape index (κ3) is 4.00. The molecular formula is C28H35N5O. The molecular weight excluding hydrogens is 422 g/mol. The number of pyridine rings is 1.